The third kappa shape index (κ3) is 5.24. The second kappa shape index (κ2) is 10.1. The highest BCUT2D eigenvalue weighted by Gasteiger charge is 2.15. The first kappa shape index (κ1) is 20.2. The van der Waals surface area contributed by atoms with Crippen LogP contribution in [-0.4, -0.2) is 41.9 Å². The minimum atomic E-state index is -0.0297. The molecule has 28 heavy (non-hydrogen) atoms. The maximum absolute atomic E-state index is 12.1. The molecule has 0 unspecified atom stereocenters. The number of nitrogens with zero attached hydrogens (tertiary/aromatic N) is 1. The maximum atomic E-state index is 12.1. The number of hydrogen-bond acceptors (Lipinski definition) is 4. The summed E-state index contributed by atoms with van der Waals surface area (Å²) in [6, 6.07) is 18.5. The Morgan fingerprint density at radius 2 is 1.86 bits per heavy atom. The molecule has 0 radical (unpaired) electrons. The molecule has 0 fully saturated rings. The van der Waals surface area contributed by atoms with Gasteiger partial charge in [0.2, 0.25) is 5.91 Å². The van der Waals surface area contributed by atoms with Crippen molar-refractivity contribution in [2.75, 3.05) is 26.0 Å². The van der Waals surface area contributed by atoms with Crippen molar-refractivity contribution in [2.45, 2.75) is 18.4 Å². The lowest BCUT2D eigenvalue weighted by Crippen LogP contribution is -2.28. The second-order valence-electron chi connectivity index (χ2n) is 6.31. The lowest BCUT2D eigenvalue weighted by molar-refractivity contribution is -0.118. The van der Waals surface area contributed by atoms with Crippen molar-refractivity contribution in [3.8, 4) is 22.6 Å². The molecule has 1 heterocycles. The molecule has 146 valence electrons. The van der Waals surface area contributed by atoms with E-state index in [1.54, 1.807) is 7.11 Å². The van der Waals surface area contributed by atoms with Gasteiger partial charge in [0.25, 0.3) is 0 Å². The average molecular weight is 396 g/mol. The van der Waals surface area contributed by atoms with E-state index < -0.39 is 0 Å². The second-order valence-corrected chi connectivity index (χ2v) is 7.28. The quantitative estimate of drug-likeness (QED) is 0.422. The largest absolute Gasteiger partial charge is 0.383 e. The van der Waals surface area contributed by atoms with Crippen LogP contribution in [0.1, 0.15) is 12.5 Å². The number of aromatic nitrogens is 2. The first-order valence-corrected chi connectivity index (χ1v) is 10.3. The summed E-state index contributed by atoms with van der Waals surface area (Å²) < 4.78 is 4.96. The number of benzene rings is 2. The predicted molar refractivity (Wildman–Crippen MR) is 114 cm³/mol. The van der Waals surface area contributed by atoms with E-state index in [0.29, 0.717) is 18.9 Å². The van der Waals surface area contributed by atoms with Gasteiger partial charge in [0.1, 0.15) is 10.9 Å². The summed E-state index contributed by atoms with van der Waals surface area (Å²) in [5.41, 5.74) is 4.31. The Hall–Kier alpha value is -2.57. The summed E-state index contributed by atoms with van der Waals surface area (Å²) in [5.74, 6) is 1.09. The normalized spacial score (nSPS) is 10.8. The highest BCUT2D eigenvalue weighted by molar-refractivity contribution is 8.00. The SMILES string of the molecule is CCc1ccc(-c2nc(SCC(=O)NCCOC)c(-c3ccccc3)[nH]2)cc1. The van der Waals surface area contributed by atoms with Crippen LogP contribution in [0, 0.1) is 0 Å². The number of thioether (sulfide) groups is 1. The fraction of sp³-hybridized carbons (Fsp3) is 0.273. The van der Waals surface area contributed by atoms with Crippen LogP contribution in [0.5, 0.6) is 0 Å². The first-order chi connectivity index (χ1) is 13.7. The van der Waals surface area contributed by atoms with Gasteiger partial charge in [-0.05, 0) is 12.0 Å². The smallest absolute Gasteiger partial charge is 0.230 e. The van der Waals surface area contributed by atoms with Crippen LogP contribution in [0.25, 0.3) is 22.6 Å². The van der Waals surface area contributed by atoms with Crippen LogP contribution in [0.15, 0.2) is 59.6 Å². The van der Waals surface area contributed by atoms with Gasteiger partial charge < -0.3 is 15.0 Å². The summed E-state index contributed by atoms with van der Waals surface area (Å²) in [6.07, 6.45) is 1.01. The number of nitrogens with one attached hydrogen (secondary N) is 2. The van der Waals surface area contributed by atoms with E-state index in [9.17, 15) is 4.79 Å². The summed E-state index contributed by atoms with van der Waals surface area (Å²) >= 11 is 1.44. The van der Waals surface area contributed by atoms with Gasteiger partial charge in [-0.2, -0.15) is 0 Å². The third-order valence-corrected chi connectivity index (χ3v) is 5.31. The first-order valence-electron chi connectivity index (χ1n) is 9.34. The van der Waals surface area contributed by atoms with E-state index in [4.69, 9.17) is 9.72 Å². The Morgan fingerprint density at radius 3 is 2.54 bits per heavy atom. The van der Waals surface area contributed by atoms with E-state index in [2.05, 4.69) is 41.5 Å². The molecule has 1 aromatic heterocycles. The molecule has 0 spiro atoms. The molecular weight excluding hydrogens is 370 g/mol. The molecule has 2 N–H and O–H groups in total. The molecule has 0 saturated heterocycles. The fourth-order valence-corrected chi connectivity index (χ4v) is 3.61. The molecule has 5 nitrogen and oxygen atoms in total. The fourth-order valence-electron chi connectivity index (χ4n) is 2.77. The predicted octanol–water partition coefficient (Wildman–Crippen LogP) is 4.16. The minimum Gasteiger partial charge on any atom is -0.383 e. The van der Waals surface area contributed by atoms with Gasteiger partial charge >= 0.3 is 0 Å². The van der Waals surface area contributed by atoms with Crippen molar-refractivity contribution < 1.29 is 9.53 Å². The molecule has 0 atom stereocenters. The highest BCUT2D eigenvalue weighted by atomic mass is 32.2. The van der Waals surface area contributed by atoms with E-state index in [0.717, 1.165) is 34.1 Å². The molecule has 2 aromatic carbocycles. The molecule has 3 rings (SSSR count). The van der Waals surface area contributed by atoms with Gasteiger partial charge in [0.15, 0.2) is 0 Å². The summed E-state index contributed by atoms with van der Waals surface area (Å²) in [7, 11) is 1.62. The standard InChI is InChI=1S/C22H25N3O2S/c1-3-16-9-11-18(12-10-16)21-24-20(17-7-5-4-6-8-17)22(25-21)28-15-19(26)23-13-14-27-2/h4-12H,3,13-15H2,1-2H3,(H,23,26)(H,24,25). The molecule has 0 bridgehead atoms. The summed E-state index contributed by atoms with van der Waals surface area (Å²) in [6.45, 7) is 3.16. The number of rotatable bonds is 9. The average Bonchev–Trinajstić information content (AvgIpc) is 3.17. The van der Waals surface area contributed by atoms with E-state index in [-0.39, 0.29) is 5.91 Å². The van der Waals surface area contributed by atoms with Crippen molar-refractivity contribution >= 4 is 17.7 Å². The molecule has 0 aliphatic heterocycles. The van der Waals surface area contributed by atoms with Gasteiger partial charge in [-0.15, -0.1) is 0 Å². The number of aryl methyl sites for hydroxylation is 1. The van der Waals surface area contributed by atoms with Crippen molar-refractivity contribution in [3.05, 3.63) is 60.2 Å². The van der Waals surface area contributed by atoms with Gasteiger partial charge in [0, 0.05) is 24.8 Å². The van der Waals surface area contributed by atoms with E-state index in [1.807, 2.05) is 30.3 Å². The number of imidazole rings is 1. The van der Waals surface area contributed by atoms with Crippen LogP contribution in [0.3, 0.4) is 0 Å². The Bertz CT molecular complexity index is 892. The number of ether oxygens (including phenoxy) is 1. The van der Waals surface area contributed by atoms with Crippen LogP contribution in [-0.2, 0) is 16.0 Å². The van der Waals surface area contributed by atoms with Gasteiger partial charge in [-0.1, -0.05) is 73.3 Å². The highest BCUT2D eigenvalue weighted by Crippen LogP contribution is 2.32. The monoisotopic (exact) mass is 395 g/mol. The van der Waals surface area contributed by atoms with Crippen LogP contribution < -0.4 is 5.32 Å². The number of methoxy groups -OCH3 is 1. The third-order valence-electron chi connectivity index (χ3n) is 4.34. The molecule has 6 heteroatoms. The Morgan fingerprint density at radius 1 is 1.11 bits per heavy atom. The number of hydrogen-bond donors (Lipinski definition) is 2. The van der Waals surface area contributed by atoms with Crippen molar-refractivity contribution in [2.24, 2.45) is 0 Å². The maximum Gasteiger partial charge on any atom is 0.230 e. The van der Waals surface area contributed by atoms with Crippen molar-refractivity contribution in [1.82, 2.24) is 15.3 Å². The molecule has 0 aliphatic rings. The summed E-state index contributed by atoms with van der Waals surface area (Å²) in [4.78, 5) is 20.3. The zero-order chi connectivity index (χ0) is 19.8. The van der Waals surface area contributed by atoms with Crippen molar-refractivity contribution in [3.63, 3.8) is 0 Å². The Labute approximate surface area is 169 Å². The number of H-pyrrole nitrogens is 1. The Kier molecular flexibility index (Phi) is 7.28. The van der Waals surface area contributed by atoms with Gasteiger partial charge in [0.05, 0.1) is 18.1 Å². The van der Waals surface area contributed by atoms with Crippen LogP contribution >= 0.6 is 11.8 Å². The van der Waals surface area contributed by atoms with Crippen LogP contribution in [0.4, 0.5) is 0 Å². The zero-order valence-corrected chi connectivity index (χ0v) is 17.0. The number of carbonyl (C=O) groups is 1. The van der Waals surface area contributed by atoms with Crippen molar-refractivity contribution in [1.29, 1.82) is 0 Å². The van der Waals surface area contributed by atoms with Gasteiger partial charge in [-0.25, -0.2) is 4.98 Å². The number of carbonyl (C=O) groups excluding carboxylic acids is 1. The molecule has 3 aromatic rings. The number of aromatic amines is 1. The molecule has 1 amide bonds. The van der Waals surface area contributed by atoms with Gasteiger partial charge in [-0.3, -0.25) is 4.79 Å². The van der Waals surface area contributed by atoms with E-state index in [1.165, 1.54) is 17.3 Å². The molecular formula is C22H25N3O2S. The Balaban J connectivity index is 1.82. The van der Waals surface area contributed by atoms with E-state index >= 15 is 0 Å². The topological polar surface area (TPSA) is 67.0 Å². The lowest BCUT2D eigenvalue weighted by atomic mass is 10.1. The summed E-state index contributed by atoms with van der Waals surface area (Å²) in [5, 5.41) is 3.66. The molecule has 0 saturated carbocycles. The number of amides is 1. The lowest BCUT2D eigenvalue weighted by Gasteiger charge is -2.04. The molecule has 0 aliphatic carbocycles. The van der Waals surface area contributed by atoms with Crippen LogP contribution in [0.2, 0.25) is 0 Å². The minimum absolute atomic E-state index is 0.0297. The zero-order valence-electron chi connectivity index (χ0n) is 16.2.